The highest BCUT2D eigenvalue weighted by atomic mass is 16.7. The fraction of sp³-hybridized carbons (Fsp3) is 0.421. The lowest BCUT2D eigenvalue weighted by Crippen LogP contribution is -2.41. The van der Waals surface area contributed by atoms with E-state index in [1.165, 1.54) is 0 Å². The monoisotopic (exact) mass is 325 g/mol. The third kappa shape index (κ3) is 3.47. The third-order valence-corrected chi connectivity index (χ3v) is 4.98. The Morgan fingerprint density at radius 2 is 1.50 bits per heavy atom. The van der Waals surface area contributed by atoms with Gasteiger partial charge in [-0.05, 0) is 44.9 Å². The van der Waals surface area contributed by atoms with Crippen LogP contribution in [-0.4, -0.2) is 22.9 Å². The summed E-state index contributed by atoms with van der Waals surface area (Å²) in [5.74, 6) is 0. The van der Waals surface area contributed by atoms with Crippen molar-refractivity contribution >= 4 is 7.12 Å². The summed E-state index contributed by atoms with van der Waals surface area (Å²) in [7, 11) is -0.224. The second-order valence-corrected chi connectivity index (χ2v) is 7.37. The number of rotatable bonds is 4. The Balaban J connectivity index is 1.66. The van der Waals surface area contributed by atoms with Crippen LogP contribution in [0.5, 0.6) is 0 Å². The van der Waals surface area contributed by atoms with Gasteiger partial charge in [-0.2, -0.15) is 0 Å². The second-order valence-electron chi connectivity index (χ2n) is 7.37. The van der Waals surface area contributed by atoms with Gasteiger partial charge in [-0.1, -0.05) is 30.3 Å². The lowest BCUT2D eigenvalue weighted by Gasteiger charge is -2.32. The molecule has 0 atom stereocenters. The molecule has 1 fully saturated rings. The van der Waals surface area contributed by atoms with Crippen molar-refractivity contribution < 1.29 is 9.31 Å². The molecule has 0 saturated carbocycles. The average Bonchev–Trinajstić information content (AvgIpc) is 2.70. The molecule has 1 saturated heterocycles. The maximum Gasteiger partial charge on any atom is 0.462 e. The fourth-order valence-electron chi connectivity index (χ4n) is 2.81. The molecule has 1 aromatic heterocycles. The first kappa shape index (κ1) is 17.0. The lowest BCUT2D eigenvalue weighted by atomic mass is 9.80. The molecule has 3 rings (SSSR count). The molecule has 2 aromatic rings. The van der Waals surface area contributed by atoms with E-state index in [2.05, 4.69) is 52.0 Å². The smallest absolute Gasteiger partial charge is 0.403 e. The van der Waals surface area contributed by atoms with Crippen LogP contribution in [0.15, 0.2) is 53.5 Å². The summed E-state index contributed by atoms with van der Waals surface area (Å²) in [6.07, 6.45) is 2.53. The van der Waals surface area contributed by atoms with Gasteiger partial charge < -0.3 is 13.9 Å². The Hall–Kier alpha value is -1.85. The van der Waals surface area contributed by atoms with Gasteiger partial charge in [0, 0.05) is 18.6 Å². The van der Waals surface area contributed by atoms with Crippen molar-refractivity contribution in [3.63, 3.8) is 0 Å². The van der Waals surface area contributed by atoms with E-state index in [4.69, 9.17) is 9.31 Å². The SMILES string of the molecule is CC1(C)OB(Cc2ccc(Cn3ccccc3=O)cc2)OC1(C)C. The van der Waals surface area contributed by atoms with Crippen molar-refractivity contribution in [3.8, 4) is 0 Å². The van der Waals surface area contributed by atoms with Gasteiger partial charge in [0.25, 0.3) is 5.56 Å². The Morgan fingerprint density at radius 3 is 2.08 bits per heavy atom. The quantitative estimate of drug-likeness (QED) is 0.811. The Bertz CT molecular complexity index is 749. The molecule has 126 valence electrons. The number of pyridine rings is 1. The average molecular weight is 325 g/mol. The summed E-state index contributed by atoms with van der Waals surface area (Å²) in [5.41, 5.74) is 1.68. The molecule has 1 aliphatic rings. The minimum Gasteiger partial charge on any atom is -0.403 e. The lowest BCUT2D eigenvalue weighted by molar-refractivity contribution is 0.00578. The Kier molecular flexibility index (Phi) is 4.41. The molecule has 5 heteroatoms. The molecule has 1 aliphatic heterocycles. The molecule has 24 heavy (non-hydrogen) atoms. The molecule has 0 N–H and O–H groups in total. The Morgan fingerprint density at radius 1 is 0.917 bits per heavy atom. The van der Waals surface area contributed by atoms with Crippen molar-refractivity contribution in [3.05, 3.63) is 70.1 Å². The number of aromatic nitrogens is 1. The van der Waals surface area contributed by atoms with Crippen LogP contribution in [0.2, 0.25) is 0 Å². The van der Waals surface area contributed by atoms with Crippen LogP contribution < -0.4 is 5.56 Å². The van der Waals surface area contributed by atoms with Gasteiger partial charge in [0.05, 0.1) is 17.7 Å². The summed E-state index contributed by atoms with van der Waals surface area (Å²) in [6, 6.07) is 13.5. The predicted molar refractivity (Wildman–Crippen MR) is 96.0 cm³/mol. The minimum absolute atomic E-state index is 0.0128. The highest BCUT2D eigenvalue weighted by Crippen LogP contribution is 2.37. The summed E-state index contributed by atoms with van der Waals surface area (Å²) < 4.78 is 13.8. The van der Waals surface area contributed by atoms with E-state index < -0.39 is 0 Å². The first-order valence-electron chi connectivity index (χ1n) is 8.36. The molecule has 0 amide bonds. The van der Waals surface area contributed by atoms with Gasteiger partial charge >= 0.3 is 7.12 Å². The largest absolute Gasteiger partial charge is 0.462 e. The van der Waals surface area contributed by atoms with Gasteiger partial charge in [0.2, 0.25) is 0 Å². The molecule has 0 unspecified atom stereocenters. The fourth-order valence-corrected chi connectivity index (χ4v) is 2.81. The number of hydrogen-bond donors (Lipinski definition) is 0. The van der Waals surface area contributed by atoms with Crippen LogP contribution in [0.3, 0.4) is 0 Å². The molecular weight excluding hydrogens is 301 g/mol. The maximum absolute atomic E-state index is 11.8. The normalized spacial score (nSPS) is 18.8. The maximum atomic E-state index is 11.8. The number of benzene rings is 1. The highest BCUT2D eigenvalue weighted by Gasteiger charge is 2.50. The number of hydrogen-bond acceptors (Lipinski definition) is 3. The molecule has 0 bridgehead atoms. The topological polar surface area (TPSA) is 40.5 Å². The van der Waals surface area contributed by atoms with Crippen molar-refractivity contribution in [2.45, 2.75) is 51.8 Å². The van der Waals surface area contributed by atoms with Crippen molar-refractivity contribution in [2.75, 3.05) is 0 Å². The van der Waals surface area contributed by atoms with Crippen LogP contribution in [-0.2, 0) is 22.2 Å². The summed E-state index contributed by atoms with van der Waals surface area (Å²) in [5, 5.41) is 0. The highest BCUT2D eigenvalue weighted by molar-refractivity contribution is 6.45. The van der Waals surface area contributed by atoms with Crippen LogP contribution in [0, 0.1) is 0 Å². The zero-order valence-corrected chi connectivity index (χ0v) is 14.8. The van der Waals surface area contributed by atoms with E-state index >= 15 is 0 Å². The Labute approximate surface area is 143 Å². The van der Waals surface area contributed by atoms with Crippen LogP contribution in [0.25, 0.3) is 0 Å². The van der Waals surface area contributed by atoms with Crippen molar-refractivity contribution in [2.24, 2.45) is 0 Å². The minimum atomic E-state index is -0.300. The summed E-state index contributed by atoms with van der Waals surface area (Å²) >= 11 is 0. The molecule has 2 heterocycles. The standard InChI is InChI=1S/C19H24BNO3/c1-18(2)19(3,4)24-20(23-18)13-15-8-10-16(11-9-15)14-21-12-6-5-7-17(21)22/h5-12H,13-14H2,1-4H3. The van der Waals surface area contributed by atoms with Gasteiger partial charge in [-0.3, -0.25) is 4.79 Å². The number of nitrogens with zero attached hydrogens (tertiary/aromatic N) is 1. The summed E-state index contributed by atoms with van der Waals surface area (Å²) in [4.78, 5) is 11.8. The van der Waals surface area contributed by atoms with E-state index in [0.29, 0.717) is 6.54 Å². The molecule has 0 aliphatic carbocycles. The predicted octanol–water partition coefficient (Wildman–Crippen LogP) is 3.07. The van der Waals surface area contributed by atoms with Gasteiger partial charge in [-0.25, -0.2) is 0 Å². The van der Waals surface area contributed by atoms with Crippen LogP contribution >= 0.6 is 0 Å². The molecular formula is C19H24BNO3. The second kappa shape index (κ2) is 6.23. The van der Waals surface area contributed by atoms with Crippen molar-refractivity contribution in [1.82, 2.24) is 4.57 Å². The molecule has 1 aromatic carbocycles. The first-order chi connectivity index (χ1) is 11.3. The van der Waals surface area contributed by atoms with Crippen LogP contribution in [0.4, 0.5) is 0 Å². The zero-order valence-electron chi connectivity index (χ0n) is 14.8. The van der Waals surface area contributed by atoms with Gasteiger partial charge in [0.1, 0.15) is 0 Å². The zero-order chi connectivity index (χ0) is 17.4. The van der Waals surface area contributed by atoms with E-state index in [1.54, 1.807) is 22.9 Å². The summed E-state index contributed by atoms with van der Waals surface area (Å²) in [6.45, 7) is 8.83. The molecule has 0 radical (unpaired) electrons. The third-order valence-electron chi connectivity index (χ3n) is 4.98. The van der Waals surface area contributed by atoms with Gasteiger partial charge in [-0.15, -0.1) is 0 Å². The van der Waals surface area contributed by atoms with E-state index in [9.17, 15) is 4.79 Å². The first-order valence-corrected chi connectivity index (χ1v) is 8.36. The molecule has 4 nitrogen and oxygen atoms in total. The van der Waals surface area contributed by atoms with Gasteiger partial charge in [0.15, 0.2) is 0 Å². The van der Waals surface area contributed by atoms with Crippen molar-refractivity contribution in [1.29, 1.82) is 0 Å². The van der Waals surface area contributed by atoms with Crippen LogP contribution in [0.1, 0.15) is 38.8 Å². The van der Waals surface area contributed by atoms with E-state index in [0.717, 1.165) is 17.4 Å². The van der Waals surface area contributed by atoms with E-state index in [-0.39, 0.29) is 23.9 Å². The molecule has 0 spiro atoms. The van der Waals surface area contributed by atoms with E-state index in [1.807, 2.05) is 6.07 Å².